The van der Waals surface area contributed by atoms with Crippen molar-refractivity contribution in [2.24, 2.45) is 7.05 Å². The SMILES string of the molecule is C[C@@H]1CN(C(=O)Nc2ccc(-c3cc(C(F)(F)F)nn3C)cc2)CCCO1. The molecule has 1 N–H and O–H groups in total. The lowest BCUT2D eigenvalue weighted by Crippen LogP contribution is -2.38. The Bertz CT molecular complexity index is 802. The molecule has 3 rings (SSSR count). The van der Waals surface area contributed by atoms with E-state index in [2.05, 4.69) is 10.4 Å². The van der Waals surface area contributed by atoms with E-state index in [4.69, 9.17) is 4.74 Å². The van der Waals surface area contributed by atoms with E-state index in [1.165, 1.54) is 11.7 Å². The second-order valence-corrected chi connectivity index (χ2v) is 6.52. The zero-order valence-electron chi connectivity index (χ0n) is 15.1. The van der Waals surface area contributed by atoms with Crippen molar-refractivity contribution >= 4 is 11.7 Å². The molecular weight excluding hydrogens is 361 g/mol. The number of aromatic nitrogens is 2. The Kier molecular flexibility index (Phi) is 5.41. The van der Waals surface area contributed by atoms with Crippen LogP contribution in [0.5, 0.6) is 0 Å². The largest absolute Gasteiger partial charge is 0.435 e. The molecule has 146 valence electrons. The number of aryl methyl sites for hydroxylation is 1. The molecule has 2 heterocycles. The third-order valence-corrected chi connectivity index (χ3v) is 4.34. The Morgan fingerprint density at radius 2 is 2.00 bits per heavy atom. The number of nitrogens with one attached hydrogen (secondary N) is 1. The van der Waals surface area contributed by atoms with Crippen molar-refractivity contribution in [1.82, 2.24) is 14.7 Å². The van der Waals surface area contributed by atoms with E-state index in [1.54, 1.807) is 29.2 Å². The van der Waals surface area contributed by atoms with E-state index in [1.807, 2.05) is 6.92 Å². The highest BCUT2D eigenvalue weighted by Gasteiger charge is 2.34. The van der Waals surface area contributed by atoms with Gasteiger partial charge in [-0.15, -0.1) is 0 Å². The number of alkyl halides is 3. The number of rotatable bonds is 2. The van der Waals surface area contributed by atoms with Crippen molar-refractivity contribution in [2.75, 3.05) is 25.0 Å². The number of anilines is 1. The van der Waals surface area contributed by atoms with Crippen molar-refractivity contribution < 1.29 is 22.7 Å². The van der Waals surface area contributed by atoms with Crippen molar-refractivity contribution in [3.05, 3.63) is 36.0 Å². The van der Waals surface area contributed by atoms with E-state index in [9.17, 15) is 18.0 Å². The molecule has 1 aliphatic rings. The fourth-order valence-corrected chi connectivity index (χ4v) is 2.98. The summed E-state index contributed by atoms with van der Waals surface area (Å²) >= 11 is 0. The van der Waals surface area contributed by atoms with Gasteiger partial charge in [0.1, 0.15) is 0 Å². The van der Waals surface area contributed by atoms with Crippen LogP contribution in [0, 0.1) is 0 Å². The molecule has 2 aromatic rings. The summed E-state index contributed by atoms with van der Waals surface area (Å²) in [4.78, 5) is 14.1. The Morgan fingerprint density at radius 1 is 1.30 bits per heavy atom. The van der Waals surface area contributed by atoms with Gasteiger partial charge in [-0.3, -0.25) is 4.68 Å². The molecule has 2 amide bonds. The molecule has 1 saturated heterocycles. The van der Waals surface area contributed by atoms with Crippen molar-refractivity contribution in [3.63, 3.8) is 0 Å². The predicted molar refractivity (Wildman–Crippen MR) is 94.3 cm³/mol. The van der Waals surface area contributed by atoms with E-state index < -0.39 is 11.9 Å². The van der Waals surface area contributed by atoms with Gasteiger partial charge < -0.3 is 15.0 Å². The lowest BCUT2D eigenvalue weighted by atomic mass is 10.1. The molecule has 1 atom stereocenters. The van der Waals surface area contributed by atoms with Gasteiger partial charge in [-0.05, 0) is 37.1 Å². The standard InChI is InChI=1S/C18H21F3N4O2/c1-12-11-25(8-3-9-27-12)17(26)22-14-6-4-13(5-7-14)15-10-16(18(19,20)21)23-24(15)2/h4-7,10,12H,3,8-9,11H2,1-2H3,(H,22,26)/t12-/m1/s1. The van der Waals surface area contributed by atoms with Gasteiger partial charge in [-0.1, -0.05) is 12.1 Å². The van der Waals surface area contributed by atoms with Crippen molar-refractivity contribution in [1.29, 1.82) is 0 Å². The topological polar surface area (TPSA) is 59.4 Å². The zero-order chi connectivity index (χ0) is 19.6. The minimum absolute atomic E-state index is 0.0201. The van der Waals surface area contributed by atoms with Crippen LogP contribution < -0.4 is 5.32 Å². The number of hydrogen-bond acceptors (Lipinski definition) is 3. The molecule has 9 heteroatoms. The third kappa shape index (κ3) is 4.60. The van der Waals surface area contributed by atoms with Gasteiger partial charge in [-0.25, -0.2) is 4.79 Å². The highest BCUT2D eigenvalue weighted by Crippen LogP contribution is 2.31. The molecule has 1 aromatic heterocycles. The quantitative estimate of drug-likeness (QED) is 0.861. The Labute approximate surface area is 154 Å². The van der Waals surface area contributed by atoms with Crippen LogP contribution in [0.2, 0.25) is 0 Å². The number of nitrogens with zero attached hydrogens (tertiary/aromatic N) is 3. The van der Waals surface area contributed by atoms with Crippen LogP contribution in [0.4, 0.5) is 23.7 Å². The number of ether oxygens (including phenoxy) is 1. The number of halogens is 3. The van der Waals surface area contributed by atoms with E-state index in [0.29, 0.717) is 36.6 Å². The lowest BCUT2D eigenvalue weighted by Gasteiger charge is -2.22. The molecular formula is C18H21F3N4O2. The minimum atomic E-state index is -4.49. The number of carbonyl (C=O) groups excluding carboxylic acids is 1. The van der Waals surface area contributed by atoms with E-state index >= 15 is 0 Å². The summed E-state index contributed by atoms with van der Waals surface area (Å²) in [5, 5.41) is 6.32. The molecule has 1 aromatic carbocycles. The van der Waals surface area contributed by atoms with Gasteiger partial charge in [0.05, 0.1) is 11.8 Å². The van der Waals surface area contributed by atoms with Gasteiger partial charge in [0.15, 0.2) is 5.69 Å². The minimum Gasteiger partial charge on any atom is -0.377 e. The van der Waals surface area contributed by atoms with E-state index in [0.717, 1.165) is 12.5 Å². The molecule has 1 aliphatic heterocycles. The van der Waals surface area contributed by atoms with Gasteiger partial charge >= 0.3 is 12.2 Å². The molecule has 0 aliphatic carbocycles. The summed E-state index contributed by atoms with van der Waals surface area (Å²) in [5.41, 5.74) is 0.559. The molecule has 1 fully saturated rings. The summed E-state index contributed by atoms with van der Waals surface area (Å²) in [7, 11) is 1.46. The number of urea groups is 1. The van der Waals surface area contributed by atoms with Crippen LogP contribution in [0.1, 0.15) is 19.0 Å². The first kappa shape index (κ1) is 19.2. The molecule has 0 unspecified atom stereocenters. The molecule has 0 bridgehead atoms. The normalized spacial score (nSPS) is 18.3. The van der Waals surface area contributed by atoms with Crippen LogP contribution in [-0.2, 0) is 18.0 Å². The van der Waals surface area contributed by atoms with Crippen LogP contribution in [0.15, 0.2) is 30.3 Å². The van der Waals surface area contributed by atoms with Crippen LogP contribution >= 0.6 is 0 Å². The number of amides is 2. The first-order chi connectivity index (χ1) is 12.7. The summed E-state index contributed by atoms with van der Waals surface area (Å²) < 4.78 is 45.1. The van der Waals surface area contributed by atoms with Gasteiger partial charge in [0.2, 0.25) is 0 Å². The Hall–Kier alpha value is -2.55. The third-order valence-electron chi connectivity index (χ3n) is 4.34. The van der Waals surface area contributed by atoms with E-state index in [-0.39, 0.29) is 12.1 Å². The van der Waals surface area contributed by atoms with Gasteiger partial charge in [-0.2, -0.15) is 18.3 Å². The monoisotopic (exact) mass is 382 g/mol. The first-order valence-electron chi connectivity index (χ1n) is 8.63. The zero-order valence-corrected chi connectivity index (χ0v) is 15.1. The second kappa shape index (κ2) is 7.59. The maximum atomic E-state index is 12.8. The molecule has 0 spiro atoms. The second-order valence-electron chi connectivity index (χ2n) is 6.52. The van der Waals surface area contributed by atoms with Crippen LogP contribution in [-0.4, -0.2) is 46.5 Å². The average molecular weight is 382 g/mol. The molecule has 0 saturated carbocycles. The smallest absolute Gasteiger partial charge is 0.377 e. The molecule has 6 nitrogen and oxygen atoms in total. The Balaban J connectivity index is 1.70. The number of carbonyl (C=O) groups is 1. The van der Waals surface area contributed by atoms with Crippen LogP contribution in [0.25, 0.3) is 11.3 Å². The van der Waals surface area contributed by atoms with Crippen molar-refractivity contribution in [3.8, 4) is 11.3 Å². The van der Waals surface area contributed by atoms with Crippen LogP contribution in [0.3, 0.4) is 0 Å². The molecule has 27 heavy (non-hydrogen) atoms. The average Bonchev–Trinajstić information content (AvgIpc) is 2.87. The number of benzene rings is 1. The maximum Gasteiger partial charge on any atom is 0.435 e. The number of hydrogen-bond donors (Lipinski definition) is 1. The summed E-state index contributed by atoms with van der Waals surface area (Å²) in [5.74, 6) is 0. The summed E-state index contributed by atoms with van der Waals surface area (Å²) in [6, 6.07) is 7.41. The molecule has 0 radical (unpaired) electrons. The summed E-state index contributed by atoms with van der Waals surface area (Å²) in [6.45, 7) is 3.68. The first-order valence-corrected chi connectivity index (χ1v) is 8.63. The van der Waals surface area contributed by atoms with Gasteiger partial charge in [0.25, 0.3) is 0 Å². The van der Waals surface area contributed by atoms with Gasteiger partial charge in [0, 0.05) is 32.4 Å². The predicted octanol–water partition coefficient (Wildman–Crippen LogP) is 3.75. The highest BCUT2D eigenvalue weighted by atomic mass is 19.4. The fraction of sp³-hybridized carbons (Fsp3) is 0.444. The fourth-order valence-electron chi connectivity index (χ4n) is 2.98. The lowest BCUT2D eigenvalue weighted by molar-refractivity contribution is -0.141. The Morgan fingerprint density at radius 3 is 2.63 bits per heavy atom. The summed E-state index contributed by atoms with van der Waals surface area (Å²) in [6.07, 6.45) is -3.73. The highest BCUT2D eigenvalue weighted by molar-refractivity contribution is 5.89. The maximum absolute atomic E-state index is 12.8. The van der Waals surface area contributed by atoms with Crippen molar-refractivity contribution in [2.45, 2.75) is 25.6 Å².